The van der Waals surface area contributed by atoms with Crippen molar-refractivity contribution in [1.29, 1.82) is 0 Å². The number of hydrogen-bond acceptors (Lipinski definition) is 3. The predicted molar refractivity (Wildman–Crippen MR) is 68.4 cm³/mol. The summed E-state index contributed by atoms with van der Waals surface area (Å²) >= 11 is 0. The van der Waals surface area contributed by atoms with Gasteiger partial charge < -0.3 is 9.84 Å². The molecule has 0 spiro atoms. The number of benzene rings is 1. The summed E-state index contributed by atoms with van der Waals surface area (Å²) in [6, 6.07) is 12.1. The Morgan fingerprint density at radius 1 is 1.35 bits per heavy atom. The van der Waals surface area contributed by atoms with Crippen LogP contribution in [0.1, 0.15) is 17.0 Å². The quantitative estimate of drug-likeness (QED) is 0.855. The topological polar surface area (TPSA) is 38.1 Å². The van der Waals surface area contributed by atoms with E-state index in [9.17, 15) is 0 Å². The molecule has 0 amide bonds. The summed E-state index contributed by atoms with van der Waals surface area (Å²) in [5, 5.41) is 7.21. The molecule has 1 aromatic carbocycles. The van der Waals surface area contributed by atoms with E-state index in [1.165, 1.54) is 0 Å². The SMILES string of the molecule is C=C(CNCc1cc(C)on1)c1ccccc1. The molecular formula is C14H16N2O. The van der Waals surface area contributed by atoms with E-state index in [0.717, 1.165) is 29.1 Å². The molecule has 0 radical (unpaired) electrons. The van der Waals surface area contributed by atoms with Gasteiger partial charge in [-0.05, 0) is 18.1 Å². The van der Waals surface area contributed by atoms with E-state index < -0.39 is 0 Å². The number of hydrogen-bond donors (Lipinski definition) is 1. The Balaban J connectivity index is 1.81. The maximum absolute atomic E-state index is 4.99. The standard InChI is InChI=1S/C14H16N2O/c1-11(13-6-4-3-5-7-13)9-15-10-14-8-12(2)17-16-14/h3-8,15H,1,9-10H2,2H3. The fraction of sp³-hybridized carbons (Fsp3) is 0.214. The summed E-state index contributed by atoms with van der Waals surface area (Å²) in [6.45, 7) is 7.39. The monoisotopic (exact) mass is 228 g/mol. The predicted octanol–water partition coefficient (Wildman–Crippen LogP) is 2.79. The highest BCUT2D eigenvalue weighted by molar-refractivity contribution is 5.64. The molecule has 3 nitrogen and oxygen atoms in total. The van der Waals surface area contributed by atoms with Gasteiger partial charge in [0, 0.05) is 19.2 Å². The highest BCUT2D eigenvalue weighted by Crippen LogP contribution is 2.10. The van der Waals surface area contributed by atoms with Crippen LogP contribution in [0.3, 0.4) is 0 Å². The lowest BCUT2D eigenvalue weighted by Crippen LogP contribution is -2.15. The molecule has 17 heavy (non-hydrogen) atoms. The molecule has 3 heteroatoms. The minimum atomic E-state index is 0.698. The number of nitrogens with zero attached hydrogens (tertiary/aromatic N) is 1. The van der Waals surface area contributed by atoms with Gasteiger partial charge in [0.15, 0.2) is 0 Å². The molecule has 1 heterocycles. The van der Waals surface area contributed by atoms with Gasteiger partial charge >= 0.3 is 0 Å². The van der Waals surface area contributed by atoms with Crippen LogP contribution >= 0.6 is 0 Å². The molecule has 0 fully saturated rings. The van der Waals surface area contributed by atoms with Gasteiger partial charge in [-0.25, -0.2) is 0 Å². The van der Waals surface area contributed by atoms with E-state index in [-0.39, 0.29) is 0 Å². The highest BCUT2D eigenvalue weighted by atomic mass is 16.5. The first-order valence-corrected chi connectivity index (χ1v) is 5.62. The normalized spacial score (nSPS) is 10.4. The Morgan fingerprint density at radius 3 is 2.76 bits per heavy atom. The van der Waals surface area contributed by atoms with Crippen LogP contribution in [-0.4, -0.2) is 11.7 Å². The summed E-state index contributed by atoms with van der Waals surface area (Å²) in [5.74, 6) is 0.837. The van der Waals surface area contributed by atoms with Crippen molar-refractivity contribution in [2.75, 3.05) is 6.54 Å². The van der Waals surface area contributed by atoms with Crippen molar-refractivity contribution in [1.82, 2.24) is 10.5 Å². The smallest absolute Gasteiger partial charge is 0.133 e. The van der Waals surface area contributed by atoms with Gasteiger partial charge in [0.1, 0.15) is 5.76 Å². The molecule has 0 saturated carbocycles. The van der Waals surface area contributed by atoms with Crippen LogP contribution in [0, 0.1) is 6.92 Å². The third-order valence-corrected chi connectivity index (χ3v) is 2.50. The van der Waals surface area contributed by atoms with Gasteiger partial charge in [-0.3, -0.25) is 0 Å². The average Bonchev–Trinajstić information content (AvgIpc) is 2.76. The van der Waals surface area contributed by atoms with Crippen molar-refractivity contribution >= 4 is 5.57 Å². The third kappa shape index (κ3) is 3.29. The molecule has 0 atom stereocenters. The van der Waals surface area contributed by atoms with E-state index in [2.05, 4.69) is 29.2 Å². The molecule has 0 aliphatic carbocycles. The Kier molecular flexibility index (Phi) is 3.73. The van der Waals surface area contributed by atoms with Crippen LogP contribution in [-0.2, 0) is 6.54 Å². The van der Waals surface area contributed by atoms with Crippen molar-refractivity contribution in [2.45, 2.75) is 13.5 Å². The van der Waals surface area contributed by atoms with Crippen molar-refractivity contribution < 1.29 is 4.52 Å². The van der Waals surface area contributed by atoms with Crippen LogP contribution in [0.2, 0.25) is 0 Å². The van der Waals surface area contributed by atoms with Crippen molar-refractivity contribution in [3.8, 4) is 0 Å². The first kappa shape index (κ1) is 11.6. The van der Waals surface area contributed by atoms with E-state index in [1.54, 1.807) is 0 Å². The van der Waals surface area contributed by atoms with E-state index >= 15 is 0 Å². The molecule has 0 unspecified atom stereocenters. The Labute approximate surface area is 101 Å². The van der Waals surface area contributed by atoms with Crippen molar-refractivity contribution in [3.05, 3.63) is 60.0 Å². The second-order valence-corrected chi connectivity index (χ2v) is 4.00. The first-order valence-electron chi connectivity index (χ1n) is 5.62. The lowest BCUT2D eigenvalue weighted by atomic mass is 10.1. The van der Waals surface area contributed by atoms with Crippen LogP contribution < -0.4 is 5.32 Å². The van der Waals surface area contributed by atoms with Gasteiger partial charge in [0.2, 0.25) is 0 Å². The number of aryl methyl sites for hydroxylation is 1. The number of aromatic nitrogens is 1. The van der Waals surface area contributed by atoms with Crippen LogP contribution in [0.5, 0.6) is 0 Å². The van der Waals surface area contributed by atoms with Gasteiger partial charge in [-0.15, -0.1) is 0 Å². The lowest BCUT2D eigenvalue weighted by molar-refractivity contribution is 0.389. The Hall–Kier alpha value is -1.87. The van der Waals surface area contributed by atoms with Gasteiger partial charge in [-0.1, -0.05) is 42.1 Å². The Bertz CT molecular complexity index is 488. The molecule has 2 aromatic rings. The second-order valence-electron chi connectivity index (χ2n) is 4.00. The molecule has 0 saturated heterocycles. The highest BCUT2D eigenvalue weighted by Gasteiger charge is 2.01. The molecule has 1 N–H and O–H groups in total. The maximum atomic E-state index is 4.99. The minimum absolute atomic E-state index is 0.698. The summed E-state index contributed by atoms with van der Waals surface area (Å²) in [4.78, 5) is 0. The molecule has 2 rings (SSSR count). The summed E-state index contributed by atoms with van der Waals surface area (Å²) in [6.07, 6.45) is 0. The van der Waals surface area contributed by atoms with Crippen molar-refractivity contribution in [2.24, 2.45) is 0 Å². The van der Waals surface area contributed by atoms with Gasteiger partial charge in [0.05, 0.1) is 5.69 Å². The third-order valence-electron chi connectivity index (χ3n) is 2.50. The van der Waals surface area contributed by atoms with Gasteiger partial charge in [0.25, 0.3) is 0 Å². The molecular weight excluding hydrogens is 212 g/mol. The summed E-state index contributed by atoms with van der Waals surface area (Å²) in [7, 11) is 0. The first-order chi connectivity index (χ1) is 8.25. The van der Waals surface area contributed by atoms with E-state index in [0.29, 0.717) is 6.54 Å². The molecule has 0 bridgehead atoms. The zero-order chi connectivity index (χ0) is 12.1. The van der Waals surface area contributed by atoms with Gasteiger partial charge in [-0.2, -0.15) is 0 Å². The molecule has 1 aromatic heterocycles. The van der Waals surface area contributed by atoms with E-state index in [4.69, 9.17) is 4.52 Å². The minimum Gasteiger partial charge on any atom is -0.361 e. The van der Waals surface area contributed by atoms with Crippen LogP contribution in [0.4, 0.5) is 0 Å². The molecule has 88 valence electrons. The van der Waals surface area contributed by atoms with Crippen LogP contribution in [0.15, 0.2) is 47.5 Å². The zero-order valence-corrected chi connectivity index (χ0v) is 9.94. The van der Waals surface area contributed by atoms with Crippen LogP contribution in [0.25, 0.3) is 5.57 Å². The largest absolute Gasteiger partial charge is 0.361 e. The fourth-order valence-electron chi connectivity index (χ4n) is 1.62. The molecule has 0 aliphatic heterocycles. The van der Waals surface area contributed by atoms with Crippen molar-refractivity contribution in [3.63, 3.8) is 0 Å². The number of rotatable bonds is 5. The Morgan fingerprint density at radius 2 is 2.12 bits per heavy atom. The maximum Gasteiger partial charge on any atom is 0.133 e. The average molecular weight is 228 g/mol. The fourth-order valence-corrected chi connectivity index (χ4v) is 1.62. The summed E-state index contributed by atoms with van der Waals surface area (Å²) < 4.78 is 4.99. The lowest BCUT2D eigenvalue weighted by Gasteiger charge is -2.06. The zero-order valence-electron chi connectivity index (χ0n) is 9.94. The van der Waals surface area contributed by atoms with E-state index in [1.807, 2.05) is 31.2 Å². The molecule has 0 aliphatic rings. The second kappa shape index (κ2) is 5.46. The summed E-state index contributed by atoms with van der Waals surface area (Å²) in [5.41, 5.74) is 3.16. The number of nitrogens with one attached hydrogen (secondary N) is 1.